The quantitative estimate of drug-likeness (QED) is 0.464. The van der Waals surface area contributed by atoms with Crippen LogP contribution in [0, 0.1) is 0 Å². The minimum absolute atomic E-state index is 0.0391. The van der Waals surface area contributed by atoms with E-state index in [-0.39, 0.29) is 11.8 Å². The summed E-state index contributed by atoms with van der Waals surface area (Å²) in [6.07, 6.45) is 2.71. The van der Waals surface area contributed by atoms with Gasteiger partial charge in [-0.1, -0.05) is 80.9 Å². The normalized spacial score (nSPS) is 11.7. The Hall–Kier alpha value is -3.07. The molecule has 29 heavy (non-hydrogen) atoms. The lowest BCUT2D eigenvalue weighted by atomic mass is 9.95. The van der Waals surface area contributed by atoms with Crippen LogP contribution in [0.2, 0.25) is 0 Å². The Morgan fingerprint density at radius 1 is 0.931 bits per heavy atom. The number of carbonyl (C=O) groups excluding carboxylic acids is 1. The van der Waals surface area contributed by atoms with E-state index in [9.17, 15) is 4.79 Å². The molecule has 1 atom stereocenters. The molecule has 1 amide bonds. The van der Waals surface area contributed by atoms with E-state index in [1.54, 1.807) is 0 Å². The van der Waals surface area contributed by atoms with Crippen molar-refractivity contribution in [2.45, 2.75) is 45.6 Å². The van der Waals surface area contributed by atoms with Crippen molar-refractivity contribution in [2.24, 2.45) is 0 Å². The first-order chi connectivity index (χ1) is 14.2. The second-order valence-electron chi connectivity index (χ2n) is 7.20. The molecule has 0 fully saturated rings. The maximum Gasteiger partial charge on any atom is 0.231 e. The lowest BCUT2D eigenvalue weighted by Gasteiger charge is -2.18. The number of ether oxygens (including phenoxy) is 1. The number of aryl methyl sites for hydroxylation is 1. The summed E-state index contributed by atoms with van der Waals surface area (Å²) in [4.78, 5) is 13.0. The van der Waals surface area contributed by atoms with E-state index in [0.29, 0.717) is 6.61 Å². The molecule has 1 N–H and O–H groups in total. The zero-order valence-electron chi connectivity index (χ0n) is 17.2. The van der Waals surface area contributed by atoms with E-state index in [0.717, 1.165) is 47.4 Å². The largest absolute Gasteiger partial charge is 0.489 e. The summed E-state index contributed by atoms with van der Waals surface area (Å²) in [5.74, 6) is 0.720. The summed E-state index contributed by atoms with van der Waals surface area (Å²) in [5.41, 5.74) is 4.14. The van der Waals surface area contributed by atoms with Gasteiger partial charge in [-0.2, -0.15) is 0 Å². The second-order valence-corrected chi connectivity index (χ2v) is 7.20. The number of hydrogen-bond acceptors (Lipinski definition) is 2. The number of anilines is 1. The highest BCUT2D eigenvalue weighted by molar-refractivity contribution is 5.96. The minimum Gasteiger partial charge on any atom is -0.489 e. The van der Waals surface area contributed by atoms with Gasteiger partial charge in [0.05, 0.1) is 5.92 Å². The lowest BCUT2D eigenvalue weighted by molar-refractivity contribution is -0.117. The van der Waals surface area contributed by atoms with Crippen LogP contribution in [0.25, 0.3) is 0 Å². The van der Waals surface area contributed by atoms with Gasteiger partial charge in [-0.05, 0) is 47.7 Å². The Morgan fingerprint density at radius 3 is 2.28 bits per heavy atom. The van der Waals surface area contributed by atoms with Crippen molar-refractivity contribution in [3.63, 3.8) is 0 Å². The molecule has 0 bridgehead atoms. The number of para-hydroxylation sites is 1. The van der Waals surface area contributed by atoms with Crippen LogP contribution in [0.3, 0.4) is 0 Å². The van der Waals surface area contributed by atoms with Gasteiger partial charge in [0.2, 0.25) is 5.91 Å². The summed E-state index contributed by atoms with van der Waals surface area (Å²) in [6, 6.07) is 26.0. The van der Waals surface area contributed by atoms with Gasteiger partial charge >= 0.3 is 0 Å². The van der Waals surface area contributed by atoms with E-state index in [2.05, 4.69) is 24.4 Å². The van der Waals surface area contributed by atoms with Gasteiger partial charge in [0, 0.05) is 5.69 Å². The molecule has 3 heteroatoms. The highest BCUT2D eigenvalue weighted by Crippen LogP contribution is 2.25. The number of hydrogen-bond donors (Lipinski definition) is 1. The Balaban J connectivity index is 1.77. The monoisotopic (exact) mass is 387 g/mol. The Labute approximate surface area is 173 Å². The smallest absolute Gasteiger partial charge is 0.231 e. The molecule has 0 aliphatic carbocycles. The molecule has 0 spiro atoms. The Kier molecular flexibility index (Phi) is 7.46. The van der Waals surface area contributed by atoms with Crippen molar-refractivity contribution >= 4 is 11.6 Å². The lowest BCUT2D eigenvalue weighted by Crippen LogP contribution is -2.21. The van der Waals surface area contributed by atoms with Crippen molar-refractivity contribution < 1.29 is 9.53 Å². The summed E-state index contributed by atoms with van der Waals surface area (Å²) in [7, 11) is 0. The van der Waals surface area contributed by atoms with Gasteiger partial charge in [0.25, 0.3) is 0 Å². The van der Waals surface area contributed by atoms with Gasteiger partial charge in [0.15, 0.2) is 0 Å². The molecule has 3 nitrogen and oxygen atoms in total. The molecule has 0 aliphatic heterocycles. The van der Waals surface area contributed by atoms with Crippen molar-refractivity contribution in [2.75, 3.05) is 5.32 Å². The molecule has 0 saturated heterocycles. The number of amides is 1. The van der Waals surface area contributed by atoms with Crippen LogP contribution in [-0.4, -0.2) is 5.91 Å². The van der Waals surface area contributed by atoms with Crippen molar-refractivity contribution in [1.82, 2.24) is 0 Å². The average Bonchev–Trinajstić information content (AvgIpc) is 2.76. The number of rotatable bonds is 9. The van der Waals surface area contributed by atoms with Gasteiger partial charge in [-0.25, -0.2) is 0 Å². The summed E-state index contributed by atoms with van der Waals surface area (Å²) in [6.45, 7) is 4.67. The molecule has 0 aromatic heterocycles. The first kappa shape index (κ1) is 20.7. The van der Waals surface area contributed by atoms with Crippen LogP contribution in [0.1, 0.15) is 49.3 Å². The molecule has 150 valence electrons. The third kappa shape index (κ3) is 5.71. The van der Waals surface area contributed by atoms with Crippen molar-refractivity contribution in [3.05, 3.63) is 95.6 Å². The van der Waals surface area contributed by atoms with E-state index in [1.165, 1.54) is 0 Å². The third-order valence-electron chi connectivity index (χ3n) is 5.03. The summed E-state index contributed by atoms with van der Waals surface area (Å²) in [5, 5.41) is 3.19. The molecule has 0 radical (unpaired) electrons. The topological polar surface area (TPSA) is 38.3 Å². The van der Waals surface area contributed by atoms with Gasteiger partial charge in [0.1, 0.15) is 12.4 Å². The van der Waals surface area contributed by atoms with E-state index in [1.807, 2.05) is 73.7 Å². The summed E-state index contributed by atoms with van der Waals surface area (Å²) >= 11 is 0. The second kappa shape index (κ2) is 10.5. The average molecular weight is 388 g/mol. The van der Waals surface area contributed by atoms with Gasteiger partial charge in [-0.15, -0.1) is 0 Å². The number of benzene rings is 3. The van der Waals surface area contributed by atoms with Crippen LogP contribution in [0.15, 0.2) is 78.9 Å². The number of nitrogens with one attached hydrogen (secondary N) is 1. The molecule has 3 rings (SSSR count). The summed E-state index contributed by atoms with van der Waals surface area (Å²) < 4.78 is 5.88. The Bertz CT molecular complexity index is 907. The van der Waals surface area contributed by atoms with Gasteiger partial charge in [-0.3, -0.25) is 4.79 Å². The fraction of sp³-hybridized carbons (Fsp3) is 0.269. The van der Waals surface area contributed by atoms with Gasteiger partial charge < -0.3 is 10.1 Å². The van der Waals surface area contributed by atoms with E-state index < -0.39 is 0 Å². The van der Waals surface area contributed by atoms with E-state index in [4.69, 9.17) is 4.74 Å². The highest BCUT2D eigenvalue weighted by Gasteiger charge is 2.19. The van der Waals surface area contributed by atoms with Crippen LogP contribution in [0.5, 0.6) is 5.75 Å². The maximum atomic E-state index is 13.0. The van der Waals surface area contributed by atoms with Crippen LogP contribution < -0.4 is 10.1 Å². The standard InChI is InChI=1S/C26H29NO2/c1-3-11-22-17-16-20(19-29-23-14-9-6-10-15-23)18-25(22)27-26(28)24(4-2)21-12-7-5-8-13-21/h5-10,12-18,24H,3-4,11,19H2,1-2H3,(H,27,28). The third-order valence-corrected chi connectivity index (χ3v) is 5.03. The van der Waals surface area contributed by atoms with Crippen LogP contribution in [0.4, 0.5) is 5.69 Å². The van der Waals surface area contributed by atoms with Crippen LogP contribution in [-0.2, 0) is 17.8 Å². The highest BCUT2D eigenvalue weighted by atomic mass is 16.5. The minimum atomic E-state index is -0.157. The first-order valence-corrected chi connectivity index (χ1v) is 10.4. The molecular weight excluding hydrogens is 358 g/mol. The molecule has 0 heterocycles. The SMILES string of the molecule is CCCc1ccc(COc2ccccc2)cc1NC(=O)C(CC)c1ccccc1. The fourth-order valence-corrected chi connectivity index (χ4v) is 3.48. The molecule has 1 unspecified atom stereocenters. The molecular formula is C26H29NO2. The van der Waals surface area contributed by atoms with Crippen molar-refractivity contribution in [3.8, 4) is 5.75 Å². The molecule has 3 aromatic carbocycles. The predicted octanol–water partition coefficient (Wildman–Crippen LogP) is 6.35. The van der Waals surface area contributed by atoms with Crippen LogP contribution >= 0.6 is 0 Å². The number of carbonyl (C=O) groups is 1. The van der Waals surface area contributed by atoms with Crippen molar-refractivity contribution in [1.29, 1.82) is 0 Å². The predicted molar refractivity (Wildman–Crippen MR) is 119 cm³/mol. The zero-order chi connectivity index (χ0) is 20.5. The zero-order valence-corrected chi connectivity index (χ0v) is 17.2. The first-order valence-electron chi connectivity index (χ1n) is 10.4. The molecule has 3 aromatic rings. The Morgan fingerprint density at radius 2 is 1.62 bits per heavy atom. The maximum absolute atomic E-state index is 13.0. The molecule has 0 saturated carbocycles. The van der Waals surface area contributed by atoms with E-state index >= 15 is 0 Å². The molecule has 0 aliphatic rings. The fourth-order valence-electron chi connectivity index (χ4n) is 3.48.